The Morgan fingerprint density at radius 3 is 2.13 bits per heavy atom. The molecule has 0 spiro atoms. The molecule has 1 fully saturated rings. The number of nitrogens with one attached hydrogen (secondary N) is 1. The largest absolute Gasteiger partial charge is 0.319 e. The van der Waals surface area contributed by atoms with E-state index in [1.165, 1.54) is 45.7 Å². The van der Waals surface area contributed by atoms with Crippen LogP contribution in [0.5, 0.6) is 0 Å². The van der Waals surface area contributed by atoms with E-state index < -0.39 is 0 Å². The highest BCUT2D eigenvalue weighted by atomic mass is 15.3. The Kier molecular flexibility index (Phi) is 6.22. The highest BCUT2D eigenvalue weighted by Gasteiger charge is 2.17. The molecule has 0 aromatic carbocycles. The van der Waals surface area contributed by atoms with E-state index in [1.807, 2.05) is 0 Å². The zero-order valence-electron chi connectivity index (χ0n) is 10.6. The van der Waals surface area contributed by atoms with Gasteiger partial charge in [0.15, 0.2) is 0 Å². The molecule has 1 saturated heterocycles. The predicted octanol–water partition coefficient (Wildman–Crippen LogP) is 0.870. The molecule has 1 rings (SSSR count). The van der Waals surface area contributed by atoms with Crippen molar-refractivity contribution >= 4 is 0 Å². The molecule has 1 aliphatic rings. The lowest BCUT2D eigenvalue weighted by atomic mass is 10.1. The molecule has 1 heterocycles. The molecule has 0 aliphatic carbocycles. The van der Waals surface area contributed by atoms with Crippen molar-refractivity contribution < 1.29 is 0 Å². The second-order valence-electron chi connectivity index (χ2n) is 4.57. The maximum atomic E-state index is 3.29. The molecule has 0 aromatic rings. The third-order valence-corrected chi connectivity index (χ3v) is 3.50. The van der Waals surface area contributed by atoms with E-state index in [4.69, 9.17) is 0 Å². The minimum Gasteiger partial charge on any atom is -0.319 e. The van der Waals surface area contributed by atoms with E-state index in [2.05, 4.69) is 36.0 Å². The van der Waals surface area contributed by atoms with Crippen molar-refractivity contribution in [3.05, 3.63) is 0 Å². The van der Waals surface area contributed by atoms with Crippen molar-refractivity contribution in [3.63, 3.8) is 0 Å². The van der Waals surface area contributed by atoms with E-state index >= 15 is 0 Å². The Bertz CT molecular complexity index is 153. The molecular weight excluding hydrogens is 186 g/mol. The molecule has 0 bridgehead atoms. The van der Waals surface area contributed by atoms with Crippen LogP contribution in [0.25, 0.3) is 0 Å². The summed E-state index contributed by atoms with van der Waals surface area (Å²) in [5.74, 6) is 0.822. The van der Waals surface area contributed by atoms with Crippen molar-refractivity contribution in [3.8, 4) is 0 Å². The number of hydrogen-bond donors (Lipinski definition) is 1. The zero-order chi connectivity index (χ0) is 11.1. The molecule has 1 atom stereocenters. The van der Waals surface area contributed by atoms with Gasteiger partial charge in [0, 0.05) is 32.7 Å². The van der Waals surface area contributed by atoms with E-state index in [0.29, 0.717) is 0 Å². The first-order valence-corrected chi connectivity index (χ1v) is 6.39. The van der Waals surface area contributed by atoms with Crippen LogP contribution in [-0.4, -0.2) is 62.7 Å². The van der Waals surface area contributed by atoms with E-state index in [-0.39, 0.29) is 0 Å². The van der Waals surface area contributed by atoms with Crippen molar-refractivity contribution in [2.24, 2.45) is 5.92 Å². The van der Waals surface area contributed by atoms with Gasteiger partial charge in [-0.3, -0.25) is 0 Å². The fourth-order valence-electron chi connectivity index (χ4n) is 2.28. The van der Waals surface area contributed by atoms with Gasteiger partial charge < -0.3 is 15.1 Å². The normalized spacial score (nSPS) is 21.8. The highest BCUT2D eigenvalue weighted by Crippen LogP contribution is 2.07. The van der Waals surface area contributed by atoms with Gasteiger partial charge in [-0.15, -0.1) is 0 Å². The number of likely N-dealkylation sites (N-methyl/N-ethyl adjacent to an activating group) is 1. The van der Waals surface area contributed by atoms with Gasteiger partial charge in [0.1, 0.15) is 0 Å². The molecular formula is C12H27N3. The SMILES string of the molecule is CC[C@@H](CNC)CN1CCN(CC)CC1. The second kappa shape index (κ2) is 7.20. The maximum Gasteiger partial charge on any atom is 0.0110 e. The Balaban J connectivity index is 2.21. The second-order valence-corrected chi connectivity index (χ2v) is 4.57. The monoisotopic (exact) mass is 213 g/mol. The van der Waals surface area contributed by atoms with E-state index in [1.54, 1.807) is 0 Å². The van der Waals surface area contributed by atoms with Gasteiger partial charge >= 0.3 is 0 Å². The summed E-state index contributed by atoms with van der Waals surface area (Å²) in [5, 5.41) is 3.29. The van der Waals surface area contributed by atoms with Gasteiger partial charge in [0.25, 0.3) is 0 Å². The van der Waals surface area contributed by atoms with Gasteiger partial charge in [0.2, 0.25) is 0 Å². The van der Waals surface area contributed by atoms with Crippen LogP contribution in [0.15, 0.2) is 0 Å². The molecule has 1 aliphatic heterocycles. The Hall–Kier alpha value is -0.120. The summed E-state index contributed by atoms with van der Waals surface area (Å²) in [6.45, 7) is 13.2. The first kappa shape index (κ1) is 12.9. The molecule has 0 radical (unpaired) electrons. The first-order valence-electron chi connectivity index (χ1n) is 6.39. The lowest BCUT2D eigenvalue weighted by Gasteiger charge is -2.35. The smallest absolute Gasteiger partial charge is 0.0110 e. The Morgan fingerprint density at radius 1 is 1.07 bits per heavy atom. The minimum atomic E-state index is 0.822. The number of hydrogen-bond acceptors (Lipinski definition) is 3. The molecule has 0 aromatic heterocycles. The molecule has 15 heavy (non-hydrogen) atoms. The quantitative estimate of drug-likeness (QED) is 0.706. The molecule has 0 amide bonds. The fraction of sp³-hybridized carbons (Fsp3) is 1.00. The lowest BCUT2D eigenvalue weighted by molar-refractivity contribution is 0.121. The van der Waals surface area contributed by atoms with Crippen molar-refractivity contribution in [2.45, 2.75) is 20.3 Å². The van der Waals surface area contributed by atoms with Crippen molar-refractivity contribution in [1.29, 1.82) is 0 Å². The van der Waals surface area contributed by atoms with Gasteiger partial charge in [0.05, 0.1) is 0 Å². The molecule has 3 nitrogen and oxygen atoms in total. The van der Waals surface area contributed by atoms with E-state index in [9.17, 15) is 0 Å². The summed E-state index contributed by atoms with van der Waals surface area (Å²) in [6, 6.07) is 0. The van der Waals surface area contributed by atoms with Crippen LogP contribution in [-0.2, 0) is 0 Å². The number of rotatable bonds is 6. The summed E-state index contributed by atoms with van der Waals surface area (Å²) >= 11 is 0. The van der Waals surface area contributed by atoms with Crippen LogP contribution in [0.1, 0.15) is 20.3 Å². The van der Waals surface area contributed by atoms with Crippen LogP contribution in [0, 0.1) is 5.92 Å². The molecule has 1 N–H and O–H groups in total. The maximum absolute atomic E-state index is 3.29. The lowest BCUT2D eigenvalue weighted by Crippen LogP contribution is -2.48. The summed E-state index contributed by atoms with van der Waals surface area (Å²) < 4.78 is 0. The number of nitrogens with zero attached hydrogens (tertiary/aromatic N) is 2. The van der Waals surface area contributed by atoms with Crippen LogP contribution in [0.3, 0.4) is 0 Å². The average molecular weight is 213 g/mol. The fourth-order valence-corrected chi connectivity index (χ4v) is 2.28. The summed E-state index contributed by atoms with van der Waals surface area (Å²) in [7, 11) is 2.05. The van der Waals surface area contributed by atoms with Crippen LogP contribution < -0.4 is 5.32 Å². The van der Waals surface area contributed by atoms with Gasteiger partial charge in [-0.25, -0.2) is 0 Å². The molecule has 3 heteroatoms. The van der Waals surface area contributed by atoms with Gasteiger partial charge in [-0.05, 0) is 26.1 Å². The summed E-state index contributed by atoms with van der Waals surface area (Å²) in [5.41, 5.74) is 0. The van der Waals surface area contributed by atoms with Gasteiger partial charge in [-0.2, -0.15) is 0 Å². The van der Waals surface area contributed by atoms with Crippen LogP contribution in [0.2, 0.25) is 0 Å². The molecule has 0 unspecified atom stereocenters. The third kappa shape index (κ3) is 4.49. The van der Waals surface area contributed by atoms with Gasteiger partial charge in [-0.1, -0.05) is 20.3 Å². The predicted molar refractivity (Wildman–Crippen MR) is 66.3 cm³/mol. The topological polar surface area (TPSA) is 18.5 Å². The number of piperazine rings is 1. The summed E-state index contributed by atoms with van der Waals surface area (Å²) in [6.07, 6.45) is 1.29. The van der Waals surface area contributed by atoms with Crippen molar-refractivity contribution in [2.75, 3.05) is 52.9 Å². The molecule has 0 saturated carbocycles. The van der Waals surface area contributed by atoms with Crippen LogP contribution >= 0.6 is 0 Å². The average Bonchev–Trinajstić information content (AvgIpc) is 2.29. The van der Waals surface area contributed by atoms with Crippen LogP contribution in [0.4, 0.5) is 0 Å². The molecule has 90 valence electrons. The summed E-state index contributed by atoms with van der Waals surface area (Å²) in [4.78, 5) is 5.16. The zero-order valence-corrected chi connectivity index (χ0v) is 10.6. The highest BCUT2D eigenvalue weighted by molar-refractivity contribution is 4.74. The standard InChI is InChI=1S/C12H27N3/c1-4-12(10-13-3)11-15-8-6-14(5-2)7-9-15/h12-13H,4-11H2,1-3H3/t12-/m0/s1. The minimum absolute atomic E-state index is 0.822. The first-order chi connectivity index (χ1) is 7.30. The van der Waals surface area contributed by atoms with Crippen molar-refractivity contribution in [1.82, 2.24) is 15.1 Å². The van der Waals surface area contributed by atoms with E-state index in [0.717, 1.165) is 12.5 Å². The Labute approximate surface area is 94.8 Å². The Morgan fingerprint density at radius 2 is 1.67 bits per heavy atom. The third-order valence-electron chi connectivity index (χ3n) is 3.50.